The number of unbranched alkanes of at least 4 members (excludes halogenated alkanes) is 2. The van der Waals surface area contributed by atoms with Gasteiger partial charge in [0.2, 0.25) is 0 Å². The van der Waals surface area contributed by atoms with Crippen molar-refractivity contribution in [3.05, 3.63) is 24.3 Å². The molecule has 0 atom stereocenters. The number of methoxy groups -OCH3 is 1. The second-order valence-corrected chi connectivity index (χ2v) is 4.98. The van der Waals surface area contributed by atoms with Crippen LogP contribution in [0.2, 0.25) is 0 Å². The summed E-state index contributed by atoms with van der Waals surface area (Å²) in [6, 6.07) is 7.91. The van der Waals surface area contributed by atoms with Gasteiger partial charge in [-0.05, 0) is 36.8 Å². The lowest BCUT2D eigenvalue weighted by Gasteiger charge is -2.02. The van der Waals surface area contributed by atoms with Crippen molar-refractivity contribution in [2.45, 2.75) is 30.6 Å². The minimum atomic E-state index is -0.117. The fourth-order valence-corrected chi connectivity index (χ4v) is 2.42. The van der Waals surface area contributed by atoms with Crippen molar-refractivity contribution in [1.29, 1.82) is 0 Å². The molecule has 0 heterocycles. The van der Waals surface area contributed by atoms with Gasteiger partial charge in [-0.25, -0.2) is 0 Å². The van der Waals surface area contributed by atoms with Crippen LogP contribution in [0.5, 0.6) is 0 Å². The van der Waals surface area contributed by atoms with Gasteiger partial charge in [0.25, 0.3) is 0 Å². The molecular weight excluding hydrogens is 234 g/mol. The van der Waals surface area contributed by atoms with Crippen LogP contribution in [0.3, 0.4) is 0 Å². The quantitative estimate of drug-likeness (QED) is 0.351. The van der Waals surface area contributed by atoms with Gasteiger partial charge in [-0.1, -0.05) is 12.5 Å². The number of hydrogen-bond donors (Lipinski definition) is 1. The fraction of sp³-hybridized carbons (Fsp3) is 0.462. The molecule has 0 unspecified atom stereocenters. The zero-order valence-electron chi connectivity index (χ0n) is 10.1. The first-order valence-corrected chi connectivity index (χ1v) is 6.76. The molecule has 94 valence electrons. The first kappa shape index (κ1) is 13.9. The molecule has 0 aromatic heterocycles. The minimum absolute atomic E-state index is 0.117. The molecule has 0 amide bonds. The number of nitrogen functional groups attached to an aromatic ring is 1. The van der Waals surface area contributed by atoms with E-state index in [2.05, 4.69) is 10.8 Å². The van der Waals surface area contributed by atoms with Crippen LogP contribution in [0.15, 0.2) is 29.2 Å². The van der Waals surface area contributed by atoms with E-state index in [1.807, 2.05) is 18.2 Å². The van der Waals surface area contributed by atoms with Crippen LogP contribution >= 0.6 is 11.8 Å². The van der Waals surface area contributed by atoms with Crippen LogP contribution in [-0.2, 0) is 9.53 Å². The van der Waals surface area contributed by atoms with Crippen molar-refractivity contribution in [2.75, 3.05) is 18.6 Å². The van der Waals surface area contributed by atoms with Gasteiger partial charge in [-0.3, -0.25) is 4.79 Å². The number of nitrogens with two attached hydrogens (primary N) is 1. The first-order valence-electron chi connectivity index (χ1n) is 5.77. The maximum atomic E-state index is 10.9. The Morgan fingerprint density at radius 2 is 2.18 bits per heavy atom. The molecule has 3 nitrogen and oxygen atoms in total. The number of thioether (sulfide) groups is 1. The highest BCUT2D eigenvalue weighted by molar-refractivity contribution is 7.99. The van der Waals surface area contributed by atoms with Gasteiger partial charge >= 0.3 is 5.97 Å². The molecule has 2 N–H and O–H groups in total. The number of carbonyl (C=O) groups excluding carboxylic acids is 1. The molecule has 0 spiro atoms. The lowest BCUT2D eigenvalue weighted by Crippen LogP contribution is -1.99. The number of anilines is 1. The summed E-state index contributed by atoms with van der Waals surface area (Å²) in [7, 11) is 1.43. The third-order valence-electron chi connectivity index (χ3n) is 2.38. The van der Waals surface area contributed by atoms with Crippen LogP contribution in [0.4, 0.5) is 5.69 Å². The number of rotatable bonds is 7. The van der Waals surface area contributed by atoms with E-state index in [0.29, 0.717) is 6.42 Å². The van der Waals surface area contributed by atoms with E-state index < -0.39 is 0 Å². The first-order chi connectivity index (χ1) is 8.22. The molecule has 0 radical (unpaired) electrons. The molecule has 1 aromatic rings. The van der Waals surface area contributed by atoms with Crippen molar-refractivity contribution in [2.24, 2.45) is 0 Å². The third kappa shape index (κ3) is 6.22. The van der Waals surface area contributed by atoms with E-state index in [1.165, 1.54) is 12.0 Å². The molecule has 0 bridgehead atoms. The highest BCUT2D eigenvalue weighted by atomic mass is 32.2. The highest BCUT2D eigenvalue weighted by Gasteiger charge is 1.99. The normalized spacial score (nSPS) is 10.2. The summed E-state index contributed by atoms with van der Waals surface area (Å²) in [6.07, 6.45) is 3.60. The summed E-state index contributed by atoms with van der Waals surface area (Å²) >= 11 is 1.80. The number of benzene rings is 1. The molecule has 0 aliphatic rings. The Morgan fingerprint density at radius 1 is 1.35 bits per heavy atom. The summed E-state index contributed by atoms with van der Waals surface area (Å²) in [5.74, 6) is 0.943. The zero-order chi connectivity index (χ0) is 12.5. The van der Waals surface area contributed by atoms with Crippen molar-refractivity contribution in [3.8, 4) is 0 Å². The van der Waals surface area contributed by atoms with Crippen LogP contribution < -0.4 is 5.73 Å². The van der Waals surface area contributed by atoms with Crippen molar-refractivity contribution in [1.82, 2.24) is 0 Å². The average Bonchev–Trinajstić information content (AvgIpc) is 2.33. The molecule has 1 aromatic carbocycles. The molecule has 0 aliphatic carbocycles. The Balaban J connectivity index is 2.06. The fourth-order valence-electron chi connectivity index (χ4n) is 1.44. The Morgan fingerprint density at radius 3 is 2.88 bits per heavy atom. The summed E-state index contributed by atoms with van der Waals surface area (Å²) in [5.41, 5.74) is 6.50. The molecule has 4 heteroatoms. The van der Waals surface area contributed by atoms with Crippen LogP contribution in [0.1, 0.15) is 25.7 Å². The Hall–Kier alpha value is -1.16. The topological polar surface area (TPSA) is 52.3 Å². The van der Waals surface area contributed by atoms with E-state index in [9.17, 15) is 4.79 Å². The number of ether oxygens (including phenoxy) is 1. The minimum Gasteiger partial charge on any atom is -0.469 e. The van der Waals surface area contributed by atoms with Gasteiger partial charge in [0.15, 0.2) is 0 Å². The van der Waals surface area contributed by atoms with E-state index in [0.717, 1.165) is 30.7 Å². The van der Waals surface area contributed by atoms with Crippen molar-refractivity contribution >= 4 is 23.4 Å². The third-order valence-corrected chi connectivity index (χ3v) is 3.46. The lowest BCUT2D eigenvalue weighted by molar-refractivity contribution is -0.140. The van der Waals surface area contributed by atoms with Crippen LogP contribution in [-0.4, -0.2) is 18.8 Å². The van der Waals surface area contributed by atoms with Gasteiger partial charge in [0, 0.05) is 17.0 Å². The summed E-state index contributed by atoms with van der Waals surface area (Å²) in [4.78, 5) is 12.1. The van der Waals surface area contributed by atoms with Gasteiger partial charge < -0.3 is 10.5 Å². The molecule has 0 aliphatic heterocycles. The number of hydrogen-bond acceptors (Lipinski definition) is 4. The molecular formula is C13H19NO2S. The zero-order valence-corrected chi connectivity index (χ0v) is 11.0. The number of carbonyl (C=O) groups is 1. The highest BCUT2D eigenvalue weighted by Crippen LogP contribution is 2.21. The molecule has 17 heavy (non-hydrogen) atoms. The van der Waals surface area contributed by atoms with Crippen molar-refractivity contribution < 1.29 is 9.53 Å². The number of esters is 1. The maximum Gasteiger partial charge on any atom is 0.305 e. The summed E-state index contributed by atoms with van der Waals surface area (Å²) in [5, 5.41) is 0. The second kappa shape index (κ2) is 8.01. The molecule has 0 fully saturated rings. The largest absolute Gasteiger partial charge is 0.469 e. The smallest absolute Gasteiger partial charge is 0.305 e. The van der Waals surface area contributed by atoms with Gasteiger partial charge in [0.1, 0.15) is 0 Å². The van der Waals surface area contributed by atoms with Gasteiger partial charge in [-0.15, -0.1) is 11.8 Å². The SMILES string of the molecule is COC(=O)CCCCCSc1cccc(N)c1. The predicted octanol–water partition coefficient (Wildman–Crippen LogP) is 3.09. The van der Waals surface area contributed by atoms with Gasteiger partial charge in [0.05, 0.1) is 7.11 Å². The Bertz CT molecular complexity index is 355. The van der Waals surface area contributed by atoms with Crippen LogP contribution in [0.25, 0.3) is 0 Å². The van der Waals surface area contributed by atoms with Crippen LogP contribution in [0, 0.1) is 0 Å². The lowest BCUT2D eigenvalue weighted by atomic mass is 10.2. The average molecular weight is 253 g/mol. The standard InChI is InChI=1S/C13H19NO2S/c1-16-13(15)8-3-2-4-9-17-12-7-5-6-11(14)10-12/h5-7,10H,2-4,8-9,14H2,1H3. The Labute approximate surface area is 107 Å². The summed E-state index contributed by atoms with van der Waals surface area (Å²) < 4.78 is 4.58. The van der Waals surface area contributed by atoms with E-state index in [4.69, 9.17) is 5.73 Å². The Kier molecular flexibility index (Phi) is 6.55. The molecule has 0 saturated carbocycles. The summed E-state index contributed by atoms with van der Waals surface area (Å²) in [6.45, 7) is 0. The van der Waals surface area contributed by atoms with Gasteiger partial charge in [-0.2, -0.15) is 0 Å². The van der Waals surface area contributed by atoms with Crippen molar-refractivity contribution in [3.63, 3.8) is 0 Å². The second-order valence-electron chi connectivity index (χ2n) is 3.81. The molecule has 0 saturated heterocycles. The van der Waals surface area contributed by atoms with E-state index in [1.54, 1.807) is 11.8 Å². The maximum absolute atomic E-state index is 10.9. The molecule has 1 rings (SSSR count). The monoisotopic (exact) mass is 253 g/mol. The predicted molar refractivity (Wildman–Crippen MR) is 72.1 cm³/mol. The van der Waals surface area contributed by atoms with E-state index in [-0.39, 0.29) is 5.97 Å². The van der Waals surface area contributed by atoms with E-state index >= 15 is 0 Å².